The van der Waals surface area contributed by atoms with Gasteiger partial charge in [0, 0.05) is 23.4 Å². The van der Waals surface area contributed by atoms with Gasteiger partial charge in [0.15, 0.2) is 0 Å². The molecule has 0 atom stereocenters. The summed E-state index contributed by atoms with van der Waals surface area (Å²) in [6, 6.07) is 0. The van der Waals surface area contributed by atoms with Crippen molar-refractivity contribution in [2.45, 2.75) is 26.7 Å². The molecule has 86 valence electrons. The minimum Gasteiger partial charge on any atom is -0.852 e. The summed E-state index contributed by atoms with van der Waals surface area (Å²) in [5.74, 6) is 0. The van der Waals surface area contributed by atoms with Crippen molar-refractivity contribution in [2.24, 2.45) is 0 Å². The maximum absolute atomic E-state index is 9.91. The minimum atomic E-state index is -0.359. The predicted molar refractivity (Wildman–Crippen MR) is 67.5 cm³/mol. The van der Waals surface area contributed by atoms with Crippen molar-refractivity contribution in [3.05, 3.63) is 0 Å². The van der Waals surface area contributed by atoms with E-state index >= 15 is 0 Å². The van der Waals surface area contributed by atoms with Crippen LogP contribution in [0.5, 0.6) is 0 Å². The minimum absolute atomic E-state index is 0. The monoisotopic (exact) mass is 356 g/mol. The molecule has 4 nitrogen and oxygen atoms in total. The largest absolute Gasteiger partial charge is 2.00 e. The first kappa shape index (κ1) is 20.6. The van der Waals surface area contributed by atoms with Crippen LogP contribution in [0.1, 0.15) is 26.7 Å². The Kier molecular flexibility index (Phi) is 22.8. The second kappa shape index (κ2) is 16.6. The maximum atomic E-state index is 9.91. The summed E-state index contributed by atoms with van der Waals surface area (Å²) in [6.45, 7) is 5.35. The normalized spacial score (nSPS) is 7.60. The SMILES string of the molecule is CCCNC([O-])=S.CCCNC([O-])=S.[Sn+2]. The number of nitrogens with one attached hydrogen (secondary N) is 2. The van der Waals surface area contributed by atoms with Crippen molar-refractivity contribution in [3.8, 4) is 0 Å². The number of hydrogen-bond acceptors (Lipinski definition) is 4. The molecule has 0 spiro atoms. The van der Waals surface area contributed by atoms with Crippen molar-refractivity contribution in [1.29, 1.82) is 0 Å². The molecule has 0 aliphatic rings. The molecular formula is C8H16N2O2S2Sn. The van der Waals surface area contributed by atoms with Crippen LogP contribution >= 0.6 is 24.4 Å². The van der Waals surface area contributed by atoms with E-state index in [-0.39, 0.29) is 34.3 Å². The second-order valence-corrected chi connectivity index (χ2v) is 3.17. The molecule has 0 bridgehead atoms. The summed E-state index contributed by atoms with van der Waals surface area (Å²) in [7, 11) is 0. The van der Waals surface area contributed by atoms with Crippen molar-refractivity contribution in [3.63, 3.8) is 0 Å². The van der Waals surface area contributed by atoms with Crippen LogP contribution in [0.25, 0.3) is 0 Å². The molecule has 0 aliphatic carbocycles. The van der Waals surface area contributed by atoms with Gasteiger partial charge in [0.25, 0.3) is 0 Å². The zero-order valence-corrected chi connectivity index (χ0v) is 13.4. The van der Waals surface area contributed by atoms with Gasteiger partial charge in [-0.25, -0.2) is 0 Å². The van der Waals surface area contributed by atoms with Crippen LogP contribution in [0.15, 0.2) is 0 Å². The zero-order valence-electron chi connectivity index (χ0n) is 8.96. The van der Waals surface area contributed by atoms with Crippen molar-refractivity contribution in [1.82, 2.24) is 10.6 Å². The molecule has 0 fully saturated rings. The number of hydrogen-bond donors (Lipinski definition) is 2. The Bertz CT molecular complexity index is 153. The summed E-state index contributed by atoms with van der Waals surface area (Å²) >= 11 is 8.39. The molecule has 0 saturated heterocycles. The Morgan fingerprint density at radius 2 is 1.20 bits per heavy atom. The Labute approximate surface area is 119 Å². The quantitative estimate of drug-likeness (QED) is 0.492. The van der Waals surface area contributed by atoms with Crippen LogP contribution in [0, 0.1) is 0 Å². The standard InChI is InChI=1S/2C4H9NOS.Sn/c2*1-2-3-5-4(6)7;/h2*2-3H2,1H3,(H2,5,6,7);/q;;+2/p-2. The van der Waals surface area contributed by atoms with Crippen LogP contribution in [0.2, 0.25) is 0 Å². The fraction of sp³-hybridized carbons (Fsp3) is 0.750. The summed E-state index contributed by atoms with van der Waals surface area (Å²) < 4.78 is 0. The first-order valence-electron chi connectivity index (χ1n) is 4.44. The van der Waals surface area contributed by atoms with Gasteiger partial charge in [-0.3, -0.25) is 0 Å². The van der Waals surface area contributed by atoms with Gasteiger partial charge in [-0.15, -0.1) is 0 Å². The van der Waals surface area contributed by atoms with Gasteiger partial charge >= 0.3 is 23.9 Å². The molecule has 0 amide bonds. The third-order valence-corrected chi connectivity index (χ3v) is 1.33. The van der Waals surface area contributed by atoms with Crippen molar-refractivity contribution in [2.75, 3.05) is 13.1 Å². The van der Waals surface area contributed by atoms with Crippen molar-refractivity contribution < 1.29 is 10.2 Å². The Morgan fingerprint density at radius 1 is 0.933 bits per heavy atom. The van der Waals surface area contributed by atoms with E-state index in [0.29, 0.717) is 13.1 Å². The summed E-state index contributed by atoms with van der Waals surface area (Å²) in [5.41, 5.74) is 0. The van der Waals surface area contributed by atoms with Crippen LogP contribution < -0.4 is 20.8 Å². The molecular weight excluding hydrogens is 339 g/mol. The van der Waals surface area contributed by atoms with Gasteiger partial charge in [0.2, 0.25) is 0 Å². The zero-order chi connectivity index (χ0) is 11.4. The summed E-state index contributed by atoms with van der Waals surface area (Å²) in [5, 5.41) is 24.0. The Morgan fingerprint density at radius 3 is 1.27 bits per heavy atom. The molecule has 2 N–H and O–H groups in total. The second-order valence-electron chi connectivity index (χ2n) is 2.43. The molecule has 0 unspecified atom stereocenters. The third kappa shape index (κ3) is 31.4. The van der Waals surface area contributed by atoms with E-state index in [2.05, 4.69) is 35.1 Å². The topological polar surface area (TPSA) is 70.2 Å². The fourth-order valence-corrected chi connectivity index (χ4v) is 0.658. The summed E-state index contributed by atoms with van der Waals surface area (Å²) in [6.07, 6.45) is 1.89. The Balaban J connectivity index is -0.000000180. The molecule has 0 aromatic carbocycles. The fourth-order valence-electron chi connectivity index (χ4n) is 0.454. The van der Waals surface area contributed by atoms with E-state index in [1.165, 1.54) is 0 Å². The molecule has 0 rings (SSSR count). The molecule has 0 aromatic rings. The van der Waals surface area contributed by atoms with Gasteiger partial charge in [-0.2, -0.15) is 0 Å². The van der Waals surface area contributed by atoms with Gasteiger partial charge in [-0.1, -0.05) is 38.3 Å². The molecule has 15 heavy (non-hydrogen) atoms. The van der Waals surface area contributed by atoms with Gasteiger partial charge < -0.3 is 20.8 Å². The van der Waals surface area contributed by atoms with Crippen LogP contribution in [-0.2, 0) is 0 Å². The van der Waals surface area contributed by atoms with E-state index in [1.54, 1.807) is 0 Å². The number of thiocarbonyl (C=S) groups is 2. The third-order valence-electron chi connectivity index (χ3n) is 1.04. The average molecular weight is 355 g/mol. The van der Waals surface area contributed by atoms with Gasteiger partial charge in [0.05, 0.1) is 0 Å². The van der Waals surface area contributed by atoms with E-state index < -0.39 is 0 Å². The predicted octanol–water partition coefficient (Wildman–Crippen LogP) is -1.12. The smallest absolute Gasteiger partial charge is 0.852 e. The van der Waals surface area contributed by atoms with Crippen molar-refractivity contribution >= 4 is 58.7 Å². The molecule has 0 saturated carbocycles. The van der Waals surface area contributed by atoms with Crippen LogP contribution in [0.3, 0.4) is 0 Å². The molecule has 0 aromatic heterocycles. The first-order valence-corrected chi connectivity index (χ1v) is 5.25. The van der Waals surface area contributed by atoms with Gasteiger partial charge in [-0.05, 0) is 12.8 Å². The Hall–Kier alpha value is 0.179. The molecule has 2 radical (unpaired) electrons. The summed E-state index contributed by atoms with van der Waals surface area (Å²) in [4.78, 5) is 0. The van der Waals surface area contributed by atoms with Gasteiger partial charge in [0.1, 0.15) is 0 Å². The number of rotatable bonds is 4. The van der Waals surface area contributed by atoms with E-state index in [1.807, 2.05) is 13.8 Å². The average Bonchev–Trinajstić information content (AvgIpc) is 2.12. The molecule has 0 aliphatic heterocycles. The first-order chi connectivity index (χ1) is 6.54. The molecule has 7 heteroatoms. The van der Waals surface area contributed by atoms with Crippen LogP contribution in [0.4, 0.5) is 0 Å². The maximum Gasteiger partial charge on any atom is 2.00 e. The van der Waals surface area contributed by atoms with E-state index in [4.69, 9.17) is 0 Å². The van der Waals surface area contributed by atoms with Crippen LogP contribution in [-0.4, -0.2) is 47.3 Å². The van der Waals surface area contributed by atoms with E-state index in [9.17, 15) is 10.2 Å². The molecule has 0 heterocycles. The van der Waals surface area contributed by atoms with E-state index in [0.717, 1.165) is 12.8 Å².